The fraction of sp³-hybridized carbons (Fsp3) is 0.559. The van der Waals surface area contributed by atoms with Crippen molar-refractivity contribution in [2.45, 2.75) is 94.1 Å². The molecule has 1 aromatic rings. The molecule has 0 fully saturated rings. The van der Waals surface area contributed by atoms with Gasteiger partial charge in [-0.1, -0.05) is 12.5 Å². The fourth-order valence-electron chi connectivity index (χ4n) is 5.25. The zero-order valence-electron chi connectivity index (χ0n) is 31.8. The maximum absolute atomic E-state index is 13.4. The number of hydroxylamine groups is 4. The first kappa shape index (κ1) is 50.9. The number of hydrogen-bond donors (Lipinski definition) is 14. The number of amides is 7. The molecule has 0 bridgehead atoms. The van der Waals surface area contributed by atoms with Crippen molar-refractivity contribution in [1.82, 2.24) is 36.7 Å². The molecular weight excluding hydrogens is 792 g/mol. The molecule has 0 aliphatic rings. The molecule has 0 saturated heterocycles. The molecule has 0 aliphatic heterocycles. The molecule has 7 amide bonds. The molecule has 0 radical (unpaired) electrons. The summed E-state index contributed by atoms with van der Waals surface area (Å²) in [6, 6.07) is -4.03. The van der Waals surface area contributed by atoms with E-state index in [0.29, 0.717) is 12.8 Å². The van der Waals surface area contributed by atoms with Crippen LogP contribution in [0.1, 0.15) is 68.1 Å². The number of carbonyl (C=O) groups is 9. The Morgan fingerprint density at radius 1 is 0.712 bits per heavy atom. The van der Waals surface area contributed by atoms with Gasteiger partial charge >= 0.3 is 11.9 Å². The van der Waals surface area contributed by atoms with Crippen molar-refractivity contribution in [3.63, 3.8) is 0 Å². The summed E-state index contributed by atoms with van der Waals surface area (Å²) in [6.45, 7) is -1.56. The molecule has 25 nitrogen and oxygen atoms in total. The van der Waals surface area contributed by atoms with Gasteiger partial charge in [0.2, 0.25) is 36.4 Å². The average molecular weight is 845 g/mol. The van der Waals surface area contributed by atoms with Crippen LogP contribution in [-0.4, -0.2) is 168 Å². The lowest BCUT2D eigenvalue weighted by atomic mass is 10.0. The first-order chi connectivity index (χ1) is 27.8. The van der Waals surface area contributed by atoms with Crippen molar-refractivity contribution in [3.05, 3.63) is 23.8 Å². The summed E-state index contributed by atoms with van der Waals surface area (Å²) in [5.74, 6) is -9.45. The molecule has 6 atom stereocenters. The average Bonchev–Trinajstić information content (AvgIpc) is 3.18. The first-order valence-corrected chi connectivity index (χ1v) is 18.1. The number of aliphatic carboxylic acids is 2. The Kier molecular flexibility index (Phi) is 23.0. The Bertz CT molecular complexity index is 1600. The molecule has 59 heavy (non-hydrogen) atoms. The number of nitrogens with one attached hydrogen (secondary N) is 5. The molecule has 0 saturated carbocycles. The molecule has 1 rings (SSSR count). The number of carbonyl (C=O) groups excluding carboxylic acids is 7. The van der Waals surface area contributed by atoms with Gasteiger partial charge in [-0.15, -0.1) is 0 Å². The molecule has 15 N–H and O–H groups in total. The van der Waals surface area contributed by atoms with Gasteiger partial charge in [-0.3, -0.25) is 48.8 Å². The Balaban J connectivity index is 2.89. The van der Waals surface area contributed by atoms with Gasteiger partial charge in [-0.2, -0.15) is 0 Å². The largest absolute Gasteiger partial charge is 0.504 e. The van der Waals surface area contributed by atoms with E-state index in [1.807, 2.05) is 0 Å². The number of aromatic hydroxyl groups is 2. The number of carboxylic acid groups (broad SMARTS) is 2. The summed E-state index contributed by atoms with van der Waals surface area (Å²) in [6.07, 6.45) is -3.12. The van der Waals surface area contributed by atoms with Crippen molar-refractivity contribution < 1.29 is 84.2 Å². The number of nitrogens with zero attached hydrogens (tertiary/aromatic N) is 2. The summed E-state index contributed by atoms with van der Waals surface area (Å²) >= 11 is 0. The van der Waals surface area contributed by atoms with Crippen LogP contribution in [0.25, 0.3) is 0 Å². The van der Waals surface area contributed by atoms with Crippen LogP contribution in [0.15, 0.2) is 18.2 Å². The minimum atomic E-state index is -1.92. The van der Waals surface area contributed by atoms with E-state index in [4.69, 9.17) is 5.73 Å². The van der Waals surface area contributed by atoms with Crippen LogP contribution < -0.4 is 32.3 Å². The molecule has 0 spiro atoms. The second-order valence-corrected chi connectivity index (χ2v) is 13.1. The highest BCUT2D eigenvalue weighted by Gasteiger charge is 2.33. The molecular formula is C34H52N8O17. The lowest BCUT2D eigenvalue weighted by molar-refractivity contribution is -0.150. The van der Waals surface area contributed by atoms with E-state index in [9.17, 15) is 84.2 Å². The van der Waals surface area contributed by atoms with Crippen LogP contribution in [-0.2, 0) is 38.4 Å². The van der Waals surface area contributed by atoms with Gasteiger partial charge in [0.1, 0.15) is 24.2 Å². The Hall–Kier alpha value is -6.15. The molecule has 2 unspecified atom stereocenters. The summed E-state index contributed by atoms with van der Waals surface area (Å²) in [5.41, 5.74) is 5.86. The van der Waals surface area contributed by atoms with Crippen molar-refractivity contribution in [3.8, 4) is 11.5 Å². The predicted octanol–water partition coefficient (Wildman–Crippen LogP) is -4.18. The van der Waals surface area contributed by atoms with Crippen molar-refractivity contribution >= 4 is 54.3 Å². The van der Waals surface area contributed by atoms with Crippen LogP contribution in [0.4, 0.5) is 0 Å². The van der Waals surface area contributed by atoms with E-state index < -0.39 is 109 Å². The predicted molar refractivity (Wildman–Crippen MR) is 197 cm³/mol. The number of aliphatic hydroxyl groups is 2. The van der Waals surface area contributed by atoms with Gasteiger partial charge in [0.15, 0.2) is 11.5 Å². The number of aliphatic hydroxyl groups excluding tert-OH is 2. The highest BCUT2D eigenvalue weighted by Crippen LogP contribution is 2.27. The van der Waals surface area contributed by atoms with Crippen LogP contribution in [0.3, 0.4) is 0 Å². The van der Waals surface area contributed by atoms with Gasteiger partial charge in [0.25, 0.3) is 5.91 Å². The van der Waals surface area contributed by atoms with Gasteiger partial charge in [-0.05, 0) is 50.7 Å². The van der Waals surface area contributed by atoms with Gasteiger partial charge in [0.05, 0.1) is 31.1 Å². The number of nitrogens with two attached hydrogens (primary N) is 1. The minimum absolute atomic E-state index is 0.0434. The number of hydrogen-bond acceptors (Lipinski definition) is 16. The number of unbranched alkanes of at least 4 members (excludes halogenated alkanes) is 1. The molecule has 0 heterocycles. The number of rotatable bonds is 30. The maximum Gasteiger partial charge on any atom is 0.326 e. The maximum atomic E-state index is 13.4. The van der Waals surface area contributed by atoms with Crippen LogP contribution >= 0.6 is 0 Å². The second kappa shape index (κ2) is 26.7. The van der Waals surface area contributed by atoms with Gasteiger partial charge in [0, 0.05) is 25.7 Å². The fourth-order valence-corrected chi connectivity index (χ4v) is 5.25. The summed E-state index contributed by atoms with van der Waals surface area (Å²) < 4.78 is 0. The zero-order chi connectivity index (χ0) is 44.7. The molecule has 0 aliphatic carbocycles. The summed E-state index contributed by atoms with van der Waals surface area (Å²) in [7, 11) is 0. The Morgan fingerprint density at radius 3 is 1.81 bits per heavy atom. The summed E-state index contributed by atoms with van der Waals surface area (Å²) in [4.78, 5) is 109. The third kappa shape index (κ3) is 19.2. The zero-order valence-corrected chi connectivity index (χ0v) is 31.8. The topological polar surface area (TPSA) is 408 Å². The number of carboxylic acids is 2. The van der Waals surface area contributed by atoms with Crippen molar-refractivity contribution in [2.24, 2.45) is 5.73 Å². The number of benzene rings is 1. The lowest BCUT2D eigenvalue weighted by Gasteiger charge is -2.26. The number of phenols is 2. The van der Waals surface area contributed by atoms with Gasteiger partial charge < -0.3 is 63.0 Å². The SMILES string of the molecule is NC(CCCCNC(=O)c1cccc(O)c1O)C(O)CC(=O)N[C@@H](CO)C(=O)N[C@@H](CCCN(O)C=O)C(=O)N[C@@H](CC(=O)O)C(=O)N[C@@H](CCCN(O)C=O)C(=O)O. The highest BCUT2D eigenvalue weighted by atomic mass is 16.5. The van der Waals surface area contributed by atoms with E-state index in [2.05, 4.69) is 26.6 Å². The van der Waals surface area contributed by atoms with E-state index in [0.717, 1.165) is 0 Å². The highest BCUT2D eigenvalue weighted by molar-refractivity contribution is 5.98. The first-order valence-electron chi connectivity index (χ1n) is 18.1. The van der Waals surface area contributed by atoms with Crippen LogP contribution in [0.5, 0.6) is 11.5 Å². The Labute approximate surface area is 336 Å². The minimum Gasteiger partial charge on any atom is -0.504 e. The Morgan fingerprint density at radius 2 is 1.25 bits per heavy atom. The third-order valence-corrected chi connectivity index (χ3v) is 8.49. The van der Waals surface area contributed by atoms with Crippen LogP contribution in [0.2, 0.25) is 0 Å². The molecule has 25 heteroatoms. The van der Waals surface area contributed by atoms with Crippen molar-refractivity contribution in [1.29, 1.82) is 0 Å². The van der Waals surface area contributed by atoms with Gasteiger partial charge in [-0.25, -0.2) is 14.9 Å². The second-order valence-electron chi connectivity index (χ2n) is 13.1. The monoisotopic (exact) mass is 844 g/mol. The number of phenolic OH excluding ortho intramolecular Hbond substituents is 2. The number of para-hydroxylation sites is 1. The van der Waals surface area contributed by atoms with Crippen LogP contribution in [0, 0.1) is 0 Å². The van der Waals surface area contributed by atoms with E-state index in [1.54, 1.807) is 0 Å². The third-order valence-electron chi connectivity index (χ3n) is 8.49. The van der Waals surface area contributed by atoms with E-state index in [-0.39, 0.29) is 80.2 Å². The molecule has 1 aromatic carbocycles. The quantitative estimate of drug-likeness (QED) is 0.0115. The van der Waals surface area contributed by atoms with E-state index in [1.165, 1.54) is 18.2 Å². The standard InChI is InChI=1S/C34H52N8O17/c35-20(7-1-2-11-36-30(52)19-6-3-10-25(46)29(19)51)26(47)15-27(48)37-24(16-43)33(55)38-21(8-4-12-41(58)17-44)31(53)40-23(14-28(49)50)32(54)39-22(34(56)57)9-5-13-42(59)18-45/h3,6,10,17-18,20-24,26,43,46-47,51,58-59H,1-2,4-5,7-9,11-16,35H2,(H,36,52)(H,37,48)(H,38,55)(H,39,54)(H,40,53)(H,49,50)(H,56,57)/t20?,21-,22-,23-,24-,26?/m0/s1. The lowest BCUT2D eigenvalue weighted by Crippen LogP contribution is -2.58. The summed E-state index contributed by atoms with van der Waals surface area (Å²) in [5, 5.41) is 88.8. The smallest absolute Gasteiger partial charge is 0.326 e. The molecule has 330 valence electrons. The normalized spacial score (nSPS) is 13.8. The molecule has 0 aromatic heterocycles. The van der Waals surface area contributed by atoms with E-state index >= 15 is 0 Å². The van der Waals surface area contributed by atoms with Crippen molar-refractivity contribution in [2.75, 3.05) is 26.2 Å².